The fraction of sp³-hybridized carbons (Fsp3) is 0.765. The Morgan fingerprint density at radius 1 is 0.396 bits per heavy atom. The topological polar surface area (TPSA) is 192 Å². The number of carbonyl (C=O) groups excluding carboxylic acids is 8. The molecular formula is C34H54O14. The molecule has 0 N–H and O–H groups in total. The molecule has 0 aromatic rings. The maximum atomic E-state index is 12.1. The van der Waals surface area contributed by atoms with Crippen LogP contribution in [0, 0.1) is 22.7 Å². The Morgan fingerprint density at radius 3 is 0.812 bits per heavy atom. The zero-order valence-corrected chi connectivity index (χ0v) is 29.8. The molecule has 2 atom stereocenters. The van der Waals surface area contributed by atoms with Gasteiger partial charge in [0.1, 0.15) is 51.5 Å². The van der Waals surface area contributed by atoms with Crippen LogP contribution in [0.5, 0.6) is 0 Å². The van der Waals surface area contributed by atoms with Gasteiger partial charge in [-0.1, -0.05) is 41.5 Å². The molecule has 0 aromatic carbocycles. The molecule has 0 spiro atoms. The first-order chi connectivity index (χ1) is 22.3. The molecule has 0 aliphatic rings. The van der Waals surface area contributed by atoms with Crippen LogP contribution in [0.4, 0.5) is 0 Å². The van der Waals surface area contributed by atoms with Crippen LogP contribution in [0.25, 0.3) is 0 Å². The second-order valence-electron chi connectivity index (χ2n) is 13.3. The molecule has 14 nitrogen and oxygen atoms in total. The molecule has 48 heavy (non-hydrogen) atoms. The highest BCUT2D eigenvalue weighted by Crippen LogP contribution is 2.21. The first-order valence-electron chi connectivity index (χ1n) is 16.3. The standard InChI is InChI=1S/C34H54O14/c1-23(29(39)33(3,4)5)31(41)47-21-19-45-27(37)15-11-9-13-25(35)43-17-18-44-26(36)14-10-12-16-28(38)46-20-22-48-32(42)24(2)30(40)34(6,7)8/h23-24H,9-22H2,1-8H3. The van der Waals surface area contributed by atoms with Crippen molar-refractivity contribution in [2.24, 2.45) is 22.7 Å². The fourth-order valence-electron chi connectivity index (χ4n) is 4.04. The number of hydrogen-bond donors (Lipinski definition) is 0. The summed E-state index contributed by atoms with van der Waals surface area (Å²) in [4.78, 5) is 95.4. The molecule has 0 rings (SSSR count). The van der Waals surface area contributed by atoms with Crippen LogP contribution in [0.2, 0.25) is 0 Å². The van der Waals surface area contributed by atoms with Gasteiger partial charge < -0.3 is 28.4 Å². The molecule has 14 heteroatoms. The van der Waals surface area contributed by atoms with E-state index in [1.807, 2.05) is 0 Å². The number of ketones is 2. The summed E-state index contributed by atoms with van der Waals surface area (Å²) in [5, 5.41) is 0. The molecule has 0 radical (unpaired) electrons. The molecule has 0 saturated heterocycles. The van der Waals surface area contributed by atoms with E-state index in [9.17, 15) is 38.4 Å². The highest BCUT2D eigenvalue weighted by Gasteiger charge is 2.33. The molecule has 0 saturated carbocycles. The quantitative estimate of drug-likeness (QED) is 0.0651. The van der Waals surface area contributed by atoms with E-state index in [1.165, 1.54) is 13.8 Å². The highest BCUT2D eigenvalue weighted by molar-refractivity contribution is 6.01. The molecule has 0 aliphatic heterocycles. The lowest BCUT2D eigenvalue weighted by Crippen LogP contribution is -2.33. The molecule has 274 valence electrons. The monoisotopic (exact) mass is 686 g/mol. The molecule has 0 amide bonds. The van der Waals surface area contributed by atoms with Crippen molar-refractivity contribution in [1.29, 1.82) is 0 Å². The SMILES string of the molecule is CC(C(=O)OCCOC(=O)CCCCC(=O)OCCOC(=O)CCCCC(=O)OCCOC(=O)C(C)C(=O)C(C)(C)C)C(=O)C(C)(C)C. The lowest BCUT2D eigenvalue weighted by Gasteiger charge is -2.20. The van der Waals surface area contributed by atoms with Gasteiger partial charge in [-0.15, -0.1) is 0 Å². The lowest BCUT2D eigenvalue weighted by molar-refractivity contribution is -0.158. The Labute approximate surface area is 283 Å². The fourth-order valence-corrected chi connectivity index (χ4v) is 4.04. The highest BCUT2D eigenvalue weighted by atomic mass is 16.6. The smallest absolute Gasteiger partial charge is 0.316 e. The number of carbonyl (C=O) groups is 8. The molecule has 0 heterocycles. The molecule has 0 bridgehead atoms. The molecule has 2 unspecified atom stereocenters. The minimum atomic E-state index is -0.912. The Balaban J connectivity index is 3.81. The third kappa shape index (κ3) is 20.4. The minimum absolute atomic E-state index is 0.0608. The van der Waals surface area contributed by atoms with Crippen LogP contribution < -0.4 is 0 Å². The van der Waals surface area contributed by atoms with Gasteiger partial charge in [0.15, 0.2) is 11.6 Å². The second-order valence-corrected chi connectivity index (χ2v) is 13.3. The van der Waals surface area contributed by atoms with Crippen LogP contribution in [-0.4, -0.2) is 87.0 Å². The van der Waals surface area contributed by atoms with Crippen LogP contribution in [0.1, 0.15) is 107 Å². The number of hydrogen-bond acceptors (Lipinski definition) is 14. The summed E-state index contributed by atoms with van der Waals surface area (Å²) in [7, 11) is 0. The largest absolute Gasteiger partial charge is 0.462 e. The van der Waals surface area contributed by atoms with E-state index in [2.05, 4.69) is 0 Å². The van der Waals surface area contributed by atoms with Gasteiger partial charge in [-0.05, 0) is 39.5 Å². The van der Waals surface area contributed by atoms with Crippen molar-refractivity contribution in [2.75, 3.05) is 39.6 Å². The van der Waals surface area contributed by atoms with E-state index in [0.29, 0.717) is 25.7 Å². The zero-order valence-electron chi connectivity index (χ0n) is 29.8. The van der Waals surface area contributed by atoms with Crippen molar-refractivity contribution >= 4 is 47.4 Å². The maximum Gasteiger partial charge on any atom is 0.316 e. The third-order valence-electron chi connectivity index (χ3n) is 6.79. The number of Topliss-reactive ketones (excluding diaryl/α,β-unsaturated/α-hetero) is 2. The van der Waals surface area contributed by atoms with Crippen LogP contribution in [-0.2, 0) is 66.8 Å². The van der Waals surface area contributed by atoms with Gasteiger partial charge in [0.05, 0.1) is 0 Å². The van der Waals surface area contributed by atoms with Gasteiger partial charge in [-0.25, -0.2) is 0 Å². The Morgan fingerprint density at radius 2 is 0.604 bits per heavy atom. The number of ether oxygens (including phenoxy) is 6. The average molecular weight is 687 g/mol. The minimum Gasteiger partial charge on any atom is -0.462 e. The van der Waals surface area contributed by atoms with E-state index in [1.54, 1.807) is 41.5 Å². The van der Waals surface area contributed by atoms with Gasteiger partial charge in [0.25, 0.3) is 0 Å². The van der Waals surface area contributed by atoms with E-state index in [4.69, 9.17) is 28.4 Å². The van der Waals surface area contributed by atoms with Crippen molar-refractivity contribution in [3.05, 3.63) is 0 Å². The van der Waals surface area contributed by atoms with Crippen molar-refractivity contribution in [1.82, 2.24) is 0 Å². The molecule has 0 aliphatic carbocycles. The third-order valence-corrected chi connectivity index (χ3v) is 6.79. The van der Waals surface area contributed by atoms with Crippen molar-refractivity contribution in [3.8, 4) is 0 Å². The van der Waals surface area contributed by atoms with Crippen molar-refractivity contribution < 1.29 is 66.8 Å². The van der Waals surface area contributed by atoms with Crippen molar-refractivity contribution in [2.45, 2.75) is 107 Å². The van der Waals surface area contributed by atoms with Gasteiger partial charge in [-0.3, -0.25) is 38.4 Å². The number of rotatable bonds is 23. The van der Waals surface area contributed by atoms with E-state index in [-0.39, 0.29) is 76.9 Å². The Bertz CT molecular complexity index is 1010. The summed E-state index contributed by atoms with van der Waals surface area (Å²) < 4.78 is 30.0. The second kappa shape index (κ2) is 22.7. The normalized spacial score (nSPS) is 12.6. The van der Waals surface area contributed by atoms with Gasteiger partial charge >= 0.3 is 35.8 Å². The number of esters is 6. The predicted octanol–water partition coefficient (Wildman–Crippen LogP) is 3.87. The maximum absolute atomic E-state index is 12.1. The first kappa shape index (κ1) is 44.2. The molecule has 0 fully saturated rings. The van der Waals surface area contributed by atoms with Gasteiger partial charge in [-0.2, -0.15) is 0 Å². The Kier molecular flexibility index (Phi) is 20.9. The zero-order chi connectivity index (χ0) is 36.9. The van der Waals surface area contributed by atoms with E-state index in [0.717, 1.165) is 0 Å². The average Bonchev–Trinajstić information content (AvgIpc) is 3.01. The summed E-state index contributed by atoms with van der Waals surface area (Å²) in [5.74, 6) is -5.70. The van der Waals surface area contributed by atoms with Gasteiger partial charge in [0, 0.05) is 36.5 Å². The summed E-state index contributed by atoms with van der Waals surface area (Å²) >= 11 is 0. The summed E-state index contributed by atoms with van der Waals surface area (Å²) in [6.07, 6.45) is 1.75. The van der Waals surface area contributed by atoms with E-state index < -0.39 is 58.5 Å². The van der Waals surface area contributed by atoms with Gasteiger partial charge in [0.2, 0.25) is 0 Å². The van der Waals surface area contributed by atoms with Crippen molar-refractivity contribution in [3.63, 3.8) is 0 Å². The molecule has 0 aromatic heterocycles. The Hall–Kier alpha value is -3.84. The van der Waals surface area contributed by atoms with E-state index >= 15 is 0 Å². The summed E-state index contributed by atoms with van der Waals surface area (Å²) in [5.41, 5.74) is -1.35. The summed E-state index contributed by atoms with van der Waals surface area (Å²) in [6, 6.07) is 0. The number of unbranched alkanes of at least 4 members (excludes halogenated alkanes) is 2. The summed E-state index contributed by atoms with van der Waals surface area (Å²) in [6.45, 7) is 12.4. The predicted molar refractivity (Wildman–Crippen MR) is 170 cm³/mol. The van der Waals surface area contributed by atoms with Crippen LogP contribution in [0.3, 0.4) is 0 Å². The lowest BCUT2D eigenvalue weighted by atomic mass is 9.84. The van der Waals surface area contributed by atoms with Crippen LogP contribution in [0.15, 0.2) is 0 Å². The van der Waals surface area contributed by atoms with Crippen LogP contribution >= 0.6 is 0 Å². The molecular weight excluding hydrogens is 632 g/mol. The first-order valence-corrected chi connectivity index (χ1v) is 16.3.